The highest BCUT2D eigenvalue weighted by atomic mass is 16.1. The molecule has 3 rings (SSSR count). The van der Waals surface area contributed by atoms with Crippen molar-refractivity contribution in [2.75, 3.05) is 64.7 Å². The summed E-state index contributed by atoms with van der Waals surface area (Å²) in [6, 6.07) is 8.19. The van der Waals surface area contributed by atoms with Crippen LogP contribution in [0.25, 0.3) is 21.9 Å². The summed E-state index contributed by atoms with van der Waals surface area (Å²) in [6.07, 6.45) is 38.9. The Bertz CT molecular complexity index is 1550. The van der Waals surface area contributed by atoms with Gasteiger partial charge in [0.2, 0.25) is 5.91 Å². The van der Waals surface area contributed by atoms with Crippen molar-refractivity contribution in [1.29, 1.82) is 0 Å². The Morgan fingerprint density at radius 2 is 1.05 bits per heavy atom. The second kappa shape index (κ2) is 35.7. The van der Waals surface area contributed by atoms with E-state index in [1.165, 1.54) is 200 Å². The van der Waals surface area contributed by atoms with E-state index in [1.807, 2.05) is 24.5 Å². The highest BCUT2D eigenvalue weighted by molar-refractivity contribution is 6.09. The number of nitrogens with one attached hydrogen (secondary N) is 1. The van der Waals surface area contributed by atoms with Crippen LogP contribution in [-0.2, 0) is 11.3 Å². The van der Waals surface area contributed by atoms with E-state index in [-0.39, 0.29) is 5.91 Å². The van der Waals surface area contributed by atoms with Crippen LogP contribution in [0, 0.1) is 5.92 Å². The molecule has 0 radical (unpaired) electrons. The van der Waals surface area contributed by atoms with Crippen molar-refractivity contribution in [3.63, 3.8) is 0 Å². The van der Waals surface area contributed by atoms with Crippen LogP contribution in [0.2, 0.25) is 0 Å². The first-order chi connectivity index (χ1) is 30.9. The molecule has 0 fully saturated rings. The van der Waals surface area contributed by atoms with Gasteiger partial charge in [-0.05, 0) is 110 Å². The summed E-state index contributed by atoms with van der Waals surface area (Å²) in [6.45, 7) is 21.8. The number of amides is 1. The molecule has 0 bridgehead atoms. The molecule has 63 heavy (non-hydrogen) atoms. The number of carbonyl (C=O) groups is 1. The number of benzene rings is 1. The first kappa shape index (κ1) is 54.8. The van der Waals surface area contributed by atoms with Crippen LogP contribution < -0.4 is 5.32 Å². The van der Waals surface area contributed by atoms with Gasteiger partial charge in [-0.2, -0.15) is 0 Å². The zero-order valence-corrected chi connectivity index (χ0v) is 42.2. The minimum Gasteiger partial charge on any atom is -0.330 e. The second-order valence-electron chi connectivity index (χ2n) is 19.7. The average Bonchev–Trinajstić information content (AvgIpc) is 3.69. The summed E-state index contributed by atoms with van der Waals surface area (Å²) in [5.74, 6) is 1.11. The number of imidazole rings is 1. The van der Waals surface area contributed by atoms with E-state index in [9.17, 15) is 4.79 Å². The first-order valence-corrected chi connectivity index (χ1v) is 27.0. The Hall–Kier alpha value is -2.55. The van der Waals surface area contributed by atoms with Crippen LogP contribution >= 0.6 is 0 Å². The van der Waals surface area contributed by atoms with Gasteiger partial charge in [0.05, 0.1) is 17.4 Å². The fraction of sp³-hybridized carbons (Fsp3) is 0.800. The molecule has 360 valence electrons. The molecule has 2 aromatic heterocycles. The highest BCUT2D eigenvalue weighted by Crippen LogP contribution is 2.29. The molecule has 3 aromatic rings. The molecule has 8 heteroatoms. The van der Waals surface area contributed by atoms with Crippen LogP contribution in [0.3, 0.4) is 0 Å². The number of hydrogen-bond donors (Lipinski definition) is 1. The summed E-state index contributed by atoms with van der Waals surface area (Å²) in [4.78, 5) is 30.8. The van der Waals surface area contributed by atoms with E-state index < -0.39 is 0 Å². The molecule has 0 aliphatic heterocycles. The highest BCUT2D eigenvalue weighted by Gasteiger charge is 2.17. The number of nitrogens with zero attached hydrogens (tertiary/aromatic N) is 6. The van der Waals surface area contributed by atoms with E-state index in [4.69, 9.17) is 9.97 Å². The van der Waals surface area contributed by atoms with Gasteiger partial charge in [0, 0.05) is 18.4 Å². The zero-order valence-electron chi connectivity index (χ0n) is 42.2. The molecule has 1 amide bonds. The number of unbranched alkanes of at least 4 members (excludes halogenated alkanes) is 22. The SMILES string of the molecule is CCCCCCCCCCCCCN(CC)CCCN(C)CCCN(CCCCCCCCCCCCC)CCCCCC(=O)Nc1nc2ccccc2c2c1ncn2CC(C)C. The molecule has 0 unspecified atom stereocenters. The van der Waals surface area contributed by atoms with Crippen molar-refractivity contribution in [2.45, 2.75) is 221 Å². The summed E-state index contributed by atoms with van der Waals surface area (Å²) in [7, 11) is 2.33. The van der Waals surface area contributed by atoms with Gasteiger partial charge < -0.3 is 24.6 Å². The van der Waals surface area contributed by atoms with Gasteiger partial charge in [0.25, 0.3) is 0 Å². The van der Waals surface area contributed by atoms with Gasteiger partial charge >= 0.3 is 0 Å². The van der Waals surface area contributed by atoms with Gasteiger partial charge in [-0.15, -0.1) is 0 Å². The summed E-state index contributed by atoms with van der Waals surface area (Å²) >= 11 is 0. The summed E-state index contributed by atoms with van der Waals surface area (Å²) in [5.41, 5.74) is 2.73. The lowest BCUT2D eigenvalue weighted by atomic mass is 10.1. The van der Waals surface area contributed by atoms with Crippen LogP contribution in [0.15, 0.2) is 30.6 Å². The lowest BCUT2D eigenvalue weighted by Gasteiger charge is -2.25. The molecule has 0 saturated heterocycles. The smallest absolute Gasteiger partial charge is 0.225 e. The standard InChI is InChI=1S/C55H99N7O/c1-7-10-12-14-16-18-20-22-24-26-32-42-60(9-3)45-35-40-59(6)41-36-46-61(43-33-27-25-23-21-19-17-15-13-11-8-2)44-34-28-29-39-52(63)58-55-53-54(62(48-56-53)47-49(4)5)50-37-30-31-38-51(50)57-55/h30-31,37-38,48-49H,7-29,32-36,39-47H2,1-6H3,(H,57,58,63). The maximum atomic E-state index is 13.3. The molecule has 2 heterocycles. The maximum Gasteiger partial charge on any atom is 0.225 e. The number of rotatable bonds is 42. The number of carbonyl (C=O) groups excluding carboxylic acids is 1. The van der Waals surface area contributed by atoms with E-state index in [0.717, 1.165) is 54.3 Å². The third-order valence-corrected chi connectivity index (χ3v) is 13.3. The van der Waals surface area contributed by atoms with E-state index in [1.54, 1.807) is 0 Å². The molecule has 1 N–H and O–H groups in total. The fourth-order valence-electron chi connectivity index (χ4n) is 9.40. The van der Waals surface area contributed by atoms with Gasteiger partial charge in [-0.1, -0.05) is 188 Å². The lowest BCUT2D eigenvalue weighted by molar-refractivity contribution is -0.116. The monoisotopic (exact) mass is 874 g/mol. The van der Waals surface area contributed by atoms with Crippen LogP contribution in [-0.4, -0.2) is 94.5 Å². The lowest BCUT2D eigenvalue weighted by Crippen LogP contribution is -2.32. The van der Waals surface area contributed by atoms with E-state index in [2.05, 4.69) is 72.3 Å². The van der Waals surface area contributed by atoms with E-state index in [0.29, 0.717) is 18.2 Å². The number of aromatic nitrogens is 3. The minimum atomic E-state index is 0.0366. The van der Waals surface area contributed by atoms with E-state index >= 15 is 0 Å². The molecule has 0 atom stereocenters. The van der Waals surface area contributed by atoms with Gasteiger partial charge in [0.1, 0.15) is 5.52 Å². The Kier molecular flexibility index (Phi) is 31.0. The van der Waals surface area contributed by atoms with Crippen molar-refractivity contribution in [3.05, 3.63) is 30.6 Å². The predicted octanol–water partition coefficient (Wildman–Crippen LogP) is 14.7. The molecular weight excluding hydrogens is 775 g/mol. The molecule has 0 aliphatic rings. The Labute approximate surface area is 388 Å². The minimum absolute atomic E-state index is 0.0366. The molecule has 0 spiro atoms. The van der Waals surface area contributed by atoms with Crippen molar-refractivity contribution in [1.82, 2.24) is 29.2 Å². The Morgan fingerprint density at radius 3 is 1.57 bits per heavy atom. The van der Waals surface area contributed by atoms with Crippen LogP contribution in [0.4, 0.5) is 5.82 Å². The fourth-order valence-corrected chi connectivity index (χ4v) is 9.40. The molecular formula is C55H99N7O. The van der Waals surface area contributed by atoms with Crippen LogP contribution in [0.1, 0.15) is 214 Å². The van der Waals surface area contributed by atoms with Crippen molar-refractivity contribution < 1.29 is 4.79 Å². The third-order valence-electron chi connectivity index (χ3n) is 13.3. The second-order valence-corrected chi connectivity index (χ2v) is 19.7. The number of para-hydroxylation sites is 1. The van der Waals surface area contributed by atoms with Crippen molar-refractivity contribution in [2.24, 2.45) is 5.92 Å². The molecule has 0 aliphatic carbocycles. The van der Waals surface area contributed by atoms with Gasteiger partial charge in [-0.3, -0.25) is 4.79 Å². The van der Waals surface area contributed by atoms with Gasteiger partial charge in [-0.25, -0.2) is 9.97 Å². The van der Waals surface area contributed by atoms with Crippen LogP contribution in [0.5, 0.6) is 0 Å². The number of hydrogen-bond acceptors (Lipinski definition) is 6. The first-order valence-electron chi connectivity index (χ1n) is 27.0. The Balaban J connectivity index is 1.36. The number of anilines is 1. The molecule has 8 nitrogen and oxygen atoms in total. The summed E-state index contributed by atoms with van der Waals surface area (Å²) < 4.78 is 2.21. The largest absolute Gasteiger partial charge is 0.330 e. The quantitative estimate of drug-likeness (QED) is 0.0572. The third kappa shape index (κ3) is 24.5. The summed E-state index contributed by atoms with van der Waals surface area (Å²) in [5, 5.41) is 4.23. The topological polar surface area (TPSA) is 69.5 Å². The normalized spacial score (nSPS) is 12.1. The predicted molar refractivity (Wildman–Crippen MR) is 275 cm³/mol. The number of fused-ring (bicyclic) bond motifs is 3. The average molecular weight is 874 g/mol. The number of pyridine rings is 1. The zero-order chi connectivity index (χ0) is 45.2. The molecule has 0 saturated carbocycles. The Morgan fingerprint density at radius 1 is 0.587 bits per heavy atom. The molecule has 1 aromatic carbocycles. The van der Waals surface area contributed by atoms with Crippen molar-refractivity contribution >= 4 is 33.7 Å². The maximum absolute atomic E-state index is 13.3. The van der Waals surface area contributed by atoms with Crippen molar-refractivity contribution in [3.8, 4) is 0 Å². The van der Waals surface area contributed by atoms with Gasteiger partial charge in [0.15, 0.2) is 5.82 Å².